The molecular weight excluding hydrogens is 260 g/mol. The predicted molar refractivity (Wildman–Crippen MR) is 68.0 cm³/mol. The Balaban J connectivity index is 2.58. The zero-order valence-corrected chi connectivity index (χ0v) is 10.7. The standard InChI is InChI=1S/C12H15F2NO2S/c1-18-7-8-3-2-4-9(5-8)12(17)15-6-10(16)11(13)14/h2-5,10-11,16H,6-7H2,1H3,(H,15,17). The lowest BCUT2D eigenvalue weighted by Crippen LogP contribution is -2.35. The molecule has 0 bridgehead atoms. The molecule has 0 saturated heterocycles. The number of rotatable bonds is 6. The van der Waals surface area contributed by atoms with Crippen LogP contribution in [0.2, 0.25) is 0 Å². The first-order valence-electron chi connectivity index (χ1n) is 5.37. The summed E-state index contributed by atoms with van der Waals surface area (Å²) in [6.45, 7) is -0.455. The Labute approximate surface area is 109 Å². The second-order valence-electron chi connectivity index (χ2n) is 3.75. The molecule has 1 aromatic carbocycles. The number of aliphatic hydroxyl groups is 1. The van der Waals surface area contributed by atoms with Crippen LogP contribution in [0.1, 0.15) is 15.9 Å². The third kappa shape index (κ3) is 4.62. The van der Waals surface area contributed by atoms with E-state index >= 15 is 0 Å². The van der Waals surface area contributed by atoms with Crippen LogP contribution in [0.15, 0.2) is 24.3 Å². The van der Waals surface area contributed by atoms with E-state index in [1.165, 1.54) is 0 Å². The van der Waals surface area contributed by atoms with Crippen LogP contribution in [0.4, 0.5) is 8.78 Å². The molecule has 6 heteroatoms. The van der Waals surface area contributed by atoms with E-state index in [1.807, 2.05) is 12.3 Å². The Morgan fingerprint density at radius 1 is 1.50 bits per heavy atom. The fourth-order valence-electron chi connectivity index (χ4n) is 1.36. The van der Waals surface area contributed by atoms with Gasteiger partial charge in [-0.1, -0.05) is 12.1 Å². The molecule has 100 valence electrons. The number of aliphatic hydroxyl groups excluding tert-OH is 1. The first-order valence-corrected chi connectivity index (χ1v) is 6.76. The molecule has 1 aromatic rings. The van der Waals surface area contributed by atoms with Gasteiger partial charge in [0.15, 0.2) is 0 Å². The summed E-state index contributed by atoms with van der Waals surface area (Å²) in [6.07, 6.45) is -2.73. The summed E-state index contributed by atoms with van der Waals surface area (Å²) in [4.78, 5) is 11.7. The number of alkyl halides is 2. The van der Waals surface area contributed by atoms with Gasteiger partial charge in [0.1, 0.15) is 6.10 Å². The van der Waals surface area contributed by atoms with E-state index in [1.54, 1.807) is 30.0 Å². The second-order valence-corrected chi connectivity index (χ2v) is 4.61. The molecule has 1 rings (SSSR count). The minimum absolute atomic E-state index is 0.406. The van der Waals surface area contributed by atoms with Crippen molar-refractivity contribution in [2.45, 2.75) is 18.3 Å². The molecule has 0 spiro atoms. The van der Waals surface area contributed by atoms with Crippen molar-refractivity contribution in [3.63, 3.8) is 0 Å². The summed E-state index contributed by atoms with van der Waals surface area (Å²) in [5.41, 5.74) is 1.40. The average molecular weight is 275 g/mol. The third-order valence-corrected chi connectivity index (χ3v) is 2.88. The van der Waals surface area contributed by atoms with E-state index in [9.17, 15) is 13.6 Å². The highest BCUT2D eigenvalue weighted by molar-refractivity contribution is 7.97. The molecule has 0 heterocycles. The maximum Gasteiger partial charge on any atom is 0.265 e. The van der Waals surface area contributed by atoms with Gasteiger partial charge in [-0.25, -0.2) is 8.78 Å². The molecule has 0 aliphatic rings. The Bertz CT molecular complexity index is 401. The summed E-state index contributed by atoms with van der Waals surface area (Å²) in [6, 6.07) is 6.94. The number of thioether (sulfide) groups is 1. The topological polar surface area (TPSA) is 49.3 Å². The van der Waals surface area contributed by atoms with Gasteiger partial charge in [-0.15, -0.1) is 0 Å². The van der Waals surface area contributed by atoms with E-state index in [4.69, 9.17) is 5.11 Å². The van der Waals surface area contributed by atoms with Gasteiger partial charge in [-0.3, -0.25) is 4.79 Å². The Kier molecular flexibility index (Phi) is 6.07. The number of carbonyl (C=O) groups is 1. The van der Waals surface area contributed by atoms with Crippen molar-refractivity contribution in [3.05, 3.63) is 35.4 Å². The van der Waals surface area contributed by atoms with E-state index in [-0.39, 0.29) is 0 Å². The maximum absolute atomic E-state index is 12.0. The fraction of sp³-hybridized carbons (Fsp3) is 0.417. The molecule has 1 unspecified atom stereocenters. The first kappa shape index (κ1) is 14.9. The van der Waals surface area contributed by atoms with Crippen LogP contribution in [0.5, 0.6) is 0 Å². The molecule has 18 heavy (non-hydrogen) atoms. The van der Waals surface area contributed by atoms with Gasteiger partial charge in [-0.05, 0) is 24.0 Å². The maximum atomic E-state index is 12.0. The van der Waals surface area contributed by atoms with Crippen molar-refractivity contribution in [2.75, 3.05) is 12.8 Å². The Hall–Kier alpha value is -1.14. The van der Waals surface area contributed by atoms with E-state index in [0.717, 1.165) is 11.3 Å². The SMILES string of the molecule is CSCc1cccc(C(=O)NCC(O)C(F)F)c1. The van der Waals surface area contributed by atoms with Crippen molar-refractivity contribution in [2.24, 2.45) is 0 Å². The largest absolute Gasteiger partial charge is 0.385 e. The monoisotopic (exact) mass is 275 g/mol. The zero-order chi connectivity index (χ0) is 13.5. The average Bonchev–Trinajstić information content (AvgIpc) is 2.36. The highest BCUT2D eigenvalue weighted by atomic mass is 32.2. The van der Waals surface area contributed by atoms with Crippen LogP contribution in [0.25, 0.3) is 0 Å². The van der Waals surface area contributed by atoms with Crippen LogP contribution < -0.4 is 5.32 Å². The molecule has 1 atom stereocenters. The fourth-order valence-corrected chi connectivity index (χ4v) is 1.87. The van der Waals surface area contributed by atoms with Crippen LogP contribution >= 0.6 is 11.8 Å². The van der Waals surface area contributed by atoms with Gasteiger partial charge < -0.3 is 10.4 Å². The highest BCUT2D eigenvalue weighted by Crippen LogP contribution is 2.11. The van der Waals surface area contributed by atoms with E-state index in [0.29, 0.717) is 5.56 Å². The summed E-state index contributed by atoms with van der Waals surface area (Å²) >= 11 is 1.63. The highest BCUT2D eigenvalue weighted by Gasteiger charge is 2.17. The first-order chi connectivity index (χ1) is 8.54. The lowest BCUT2D eigenvalue weighted by molar-refractivity contribution is -0.00270. The van der Waals surface area contributed by atoms with E-state index in [2.05, 4.69) is 5.32 Å². The predicted octanol–water partition coefficient (Wildman–Crippen LogP) is 1.91. The minimum Gasteiger partial charge on any atom is -0.385 e. The van der Waals surface area contributed by atoms with Gasteiger partial charge in [0.05, 0.1) is 0 Å². The molecule has 3 nitrogen and oxygen atoms in total. The second kappa shape index (κ2) is 7.33. The molecule has 0 radical (unpaired) electrons. The number of nitrogens with one attached hydrogen (secondary N) is 1. The molecule has 0 fully saturated rings. The zero-order valence-electron chi connectivity index (χ0n) is 9.90. The molecule has 0 aliphatic heterocycles. The van der Waals surface area contributed by atoms with Crippen molar-refractivity contribution in [1.29, 1.82) is 0 Å². The van der Waals surface area contributed by atoms with Crippen molar-refractivity contribution in [1.82, 2.24) is 5.32 Å². The summed E-state index contributed by atoms with van der Waals surface area (Å²) in [5, 5.41) is 11.2. The lowest BCUT2D eigenvalue weighted by atomic mass is 10.1. The number of amides is 1. The molecule has 0 aromatic heterocycles. The third-order valence-electron chi connectivity index (χ3n) is 2.26. The quantitative estimate of drug-likeness (QED) is 0.833. The number of benzene rings is 1. The lowest BCUT2D eigenvalue weighted by Gasteiger charge is -2.11. The smallest absolute Gasteiger partial charge is 0.265 e. The van der Waals surface area contributed by atoms with Crippen molar-refractivity contribution >= 4 is 17.7 Å². The van der Waals surface area contributed by atoms with Crippen molar-refractivity contribution < 1.29 is 18.7 Å². The van der Waals surface area contributed by atoms with Gasteiger partial charge in [0.25, 0.3) is 12.3 Å². The van der Waals surface area contributed by atoms with Crippen LogP contribution in [0, 0.1) is 0 Å². The molecule has 2 N–H and O–H groups in total. The Morgan fingerprint density at radius 2 is 2.22 bits per heavy atom. The summed E-state index contributed by atoms with van der Waals surface area (Å²) in [7, 11) is 0. The summed E-state index contributed by atoms with van der Waals surface area (Å²) < 4.78 is 24.1. The summed E-state index contributed by atoms with van der Waals surface area (Å²) in [5.74, 6) is 0.318. The molecule has 0 saturated carbocycles. The van der Waals surface area contributed by atoms with Crippen molar-refractivity contribution in [3.8, 4) is 0 Å². The van der Waals surface area contributed by atoms with Gasteiger partial charge >= 0.3 is 0 Å². The van der Waals surface area contributed by atoms with E-state index < -0.39 is 25.0 Å². The molecule has 0 aliphatic carbocycles. The van der Waals surface area contributed by atoms with Gasteiger partial charge in [0, 0.05) is 17.9 Å². The number of hydrogen-bond donors (Lipinski definition) is 2. The number of halogens is 2. The van der Waals surface area contributed by atoms with Crippen LogP contribution in [-0.4, -0.2) is 36.3 Å². The van der Waals surface area contributed by atoms with Gasteiger partial charge in [-0.2, -0.15) is 11.8 Å². The van der Waals surface area contributed by atoms with Crippen LogP contribution in [0.3, 0.4) is 0 Å². The van der Waals surface area contributed by atoms with Gasteiger partial charge in [0.2, 0.25) is 0 Å². The van der Waals surface area contributed by atoms with Crippen LogP contribution in [-0.2, 0) is 5.75 Å². The number of carbonyl (C=O) groups excluding carboxylic acids is 1. The Morgan fingerprint density at radius 3 is 2.83 bits per heavy atom. The normalized spacial score (nSPS) is 12.5. The molecular formula is C12H15F2NO2S. The molecule has 1 amide bonds. The minimum atomic E-state index is -2.85. The number of hydrogen-bond acceptors (Lipinski definition) is 3.